The molecule has 0 saturated heterocycles. The lowest BCUT2D eigenvalue weighted by Crippen LogP contribution is -2.15. The van der Waals surface area contributed by atoms with Gasteiger partial charge >= 0.3 is 0 Å². The Balaban J connectivity index is 2.86. The fraction of sp³-hybridized carbons (Fsp3) is 0.500. The third kappa shape index (κ3) is 3.61. The molecule has 1 aromatic heterocycles. The third-order valence-electron chi connectivity index (χ3n) is 1.90. The maximum absolute atomic E-state index is 13.1. The van der Waals surface area contributed by atoms with Gasteiger partial charge in [0.05, 0.1) is 6.21 Å². The number of aryl methyl sites for hydroxylation is 2. The molecule has 0 unspecified atom stereocenters. The summed E-state index contributed by atoms with van der Waals surface area (Å²) in [6, 6.07) is 1.70. The number of nitrogens with zero attached hydrogens (tertiary/aromatic N) is 2. The molecule has 0 radical (unpaired) electrons. The maximum Gasteiger partial charge on any atom is 0.216 e. The Morgan fingerprint density at radius 3 is 2.56 bits per heavy atom. The van der Waals surface area contributed by atoms with Gasteiger partial charge in [-0.25, -0.2) is 4.98 Å². The van der Waals surface area contributed by atoms with Gasteiger partial charge in [0.25, 0.3) is 0 Å². The Hall–Kier alpha value is -1.45. The molecular formula is C12H17FN2O. The van der Waals surface area contributed by atoms with Crippen molar-refractivity contribution in [2.75, 3.05) is 0 Å². The van der Waals surface area contributed by atoms with Crippen LogP contribution in [0.25, 0.3) is 0 Å². The van der Waals surface area contributed by atoms with Gasteiger partial charge in [0, 0.05) is 16.8 Å². The highest BCUT2D eigenvalue weighted by Gasteiger charge is 2.10. The number of pyridine rings is 1. The second kappa shape index (κ2) is 4.60. The number of hydrogen-bond donors (Lipinski definition) is 0. The summed E-state index contributed by atoms with van der Waals surface area (Å²) >= 11 is 0. The van der Waals surface area contributed by atoms with E-state index in [1.165, 1.54) is 0 Å². The minimum atomic E-state index is -0.439. The molecule has 0 saturated carbocycles. The fourth-order valence-electron chi connectivity index (χ4n) is 1.07. The van der Waals surface area contributed by atoms with Crippen molar-refractivity contribution in [3.8, 4) is 0 Å². The molecule has 88 valence electrons. The molecular weight excluding hydrogens is 207 g/mol. The quantitative estimate of drug-likeness (QED) is 0.439. The van der Waals surface area contributed by atoms with Crippen LogP contribution in [0.15, 0.2) is 11.2 Å². The van der Waals surface area contributed by atoms with Crippen molar-refractivity contribution in [2.24, 2.45) is 5.16 Å². The van der Waals surface area contributed by atoms with E-state index in [2.05, 4.69) is 10.1 Å². The number of rotatable bonds is 2. The van der Waals surface area contributed by atoms with Crippen molar-refractivity contribution in [2.45, 2.75) is 40.2 Å². The van der Waals surface area contributed by atoms with Crippen LogP contribution in [0.5, 0.6) is 0 Å². The van der Waals surface area contributed by atoms with E-state index in [0.29, 0.717) is 11.3 Å². The van der Waals surface area contributed by atoms with Crippen LogP contribution in [-0.4, -0.2) is 16.8 Å². The largest absolute Gasteiger partial charge is 0.390 e. The number of oxime groups is 1. The highest BCUT2D eigenvalue weighted by atomic mass is 19.1. The summed E-state index contributed by atoms with van der Waals surface area (Å²) in [4.78, 5) is 8.98. The summed E-state index contributed by atoms with van der Waals surface area (Å²) in [6.07, 6.45) is 1.56. The predicted molar refractivity (Wildman–Crippen MR) is 62.1 cm³/mol. The van der Waals surface area contributed by atoms with E-state index >= 15 is 0 Å². The molecule has 4 heteroatoms. The molecule has 0 aliphatic rings. The van der Waals surface area contributed by atoms with Gasteiger partial charge in [0.1, 0.15) is 5.60 Å². The normalized spacial score (nSPS) is 12.1. The topological polar surface area (TPSA) is 34.5 Å². The highest BCUT2D eigenvalue weighted by Crippen LogP contribution is 2.11. The predicted octanol–water partition coefficient (Wildman–Crippen LogP) is 2.99. The molecule has 0 amide bonds. The van der Waals surface area contributed by atoms with Gasteiger partial charge in [-0.3, -0.25) is 0 Å². The van der Waals surface area contributed by atoms with Crippen molar-refractivity contribution in [1.82, 2.24) is 4.98 Å². The van der Waals surface area contributed by atoms with Gasteiger partial charge < -0.3 is 4.84 Å². The van der Waals surface area contributed by atoms with Crippen LogP contribution in [0, 0.1) is 19.8 Å². The van der Waals surface area contributed by atoms with Crippen LogP contribution < -0.4 is 0 Å². The van der Waals surface area contributed by atoms with E-state index in [0.717, 1.165) is 5.56 Å². The smallest absolute Gasteiger partial charge is 0.216 e. The Bertz CT molecular complexity index is 408. The molecule has 1 aromatic rings. The van der Waals surface area contributed by atoms with Crippen LogP contribution in [0.2, 0.25) is 0 Å². The first-order valence-corrected chi connectivity index (χ1v) is 5.15. The number of aromatic nitrogens is 1. The van der Waals surface area contributed by atoms with E-state index in [4.69, 9.17) is 4.84 Å². The molecule has 0 atom stereocenters. The van der Waals surface area contributed by atoms with Gasteiger partial charge in [-0.05, 0) is 40.7 Å². The summed E-state index contributed by atoms with van der Waals surface area (Å²) in [5.41, 5.74) is 1.54. The summed E-state index contributed by atoms with van der Waals surface area (Å²) in [6.45, 7) is 9.13. The molecule has 0 N–H and O–H groups in total. The van der Waals surface area contributed by atoms with Crippen molar-refractivity contribution in [3.63, 3.8) is 0 Å². The van der Waals surface area contributed by atoms with Crippen LogP contribution in [0.1, 0.15) is 37.6 Å². The van der Waals surface area contributed by atoms with E-state index < -0.39 is 5.95 Å². The van der Waals surface area contributed by atoms with Gasteiger partial charge in [-0.15, -0.1) is 0 Å². The lowest BCUT2D eigenvalue weighted by atomic mass is 10.1. The first kappa shape index (κ1) is 12.6. The van der Waals surface area contributed by atoms with Crippen molar-refractivity contribution in [3.05, 3.63) is 28.8 Å². The second-order valence-electron chi connectivity index (χ2n) is 4.71. The Morgan fingerprint density at radius 1 is 1.38 bits per heavy atom. The first-order chi connectivity index (χ1) is 7.29. The van der Waals surface area contributed by atoms with Gasteiger partial charge in [0.15, 0.2) is 0 Å². The van der Waals surface area contributed by atoms with Crippen LogP contribution >= 0.6 is 0 Å². The second-order valence-corrected chi connectivity index (χ2v) is 4.71. The number of hydrogen-bond acceptors (Lipinski definition) is 3. The standard InChI is InChI=1S/C12H17FN2O/c1-8-6-10(9(2)15-11(8)13)7-14-16-12(3,4)5/h6-7H,1-5H3/b14-7-. The molecule has 1 rings (SSSR count). The first-order valence-electron chi connectivity index (χ1n) is 5.15. The molecule has 0 aliphatic heterocycles. The molecule has 0 fully saturated rings. The Kier molecular flexibility index (Phi) is 3.62. The summed E-state index contributed by atoms with van der Waals surface area (Å²) in [5, 5.41) is 3.86. The lowest BCUT2D eigenvalue weighted by molar-refractivity contribution is 0.00198. The Morgan fingerprint density at radius 2 is 2.00 bits per heavy atom. The van der Waals surface area contributed by atoms with Gasteiger partial charge in [-0.2, -0.15) is 4.39 Å². The summed E-state index contributed by atoms with van der Waals surface area (Å²) < 4.78 is 13.1. The van der Waals surface area contributed by atoms with Gasteiger partial charge in [-0.1, -0.05) is 5.16 Å². The summed E-state index contributed by atoms with van der Waals surface area (Å²) in [5.74, 6) is -0.439. The van der Waals surface area contributed by atoms with E-state index in [1.807, 2.05) is 20.8 Å². The zero-order valence-corrected chi connectivity index (χ0v) is 10.3. The molecule has 3 nitrogen and oxygen atoms in total. The van der Waals surface area contributed by atoms with Crippen LogP contribution in [-0.2, 0) is 4.84 Å². The minimum absolute atomic E-state index is 0.326. The van der Waals surface area contributed by atoms with E-state index in [-0.39, 0.29) is 5.60 Å². The highest BCUT2D eigenvalue weighted by molar-refractivity contribution is 5.80. The lowest BCUT2D eigenvalue weighted by Gasteiger charge is -2.14. The Labute approximate surface area is 95.3 Å². The third-order valence-corrected chi connectivity index (χ3v) is 1.90. The van der Waals surface area contributed by atoms with Gasteiger partial charge in [0.2, 0.25) is 5.95 Å². The van der Waals surface area contributed by atoms with Crippen LogP contribution in [0.4, 0.5) is 4.39 Å². The summed E-state index contributed by atoms with van der Waals surface area (Å²) in [7, 11) is 0. The molecule has 0 aromatic carbocycles. The zero-order valence-electron chi connectivity index (χ0n) is 10.3. The van der Waals surface area contributed by atoms with Crippen molar-refractivity contribution >= 4 is 6.21 Å². The molecule has 1 heterocycles. The molecule has 16 heavy (non-hydrogen) atoms. The average molecular weight is 224 g/mol. The number of halogens is 1. The van der Waals surface area contributed by atoms with Crippen molar-refractivity contribution in [1.29, 1.82) is 0 Å². The van der Waals surface area contributed by atoms with E-state index in [9.17, 15) is 4.39 Å². The zero-order chi connectivity index (χ0) is 12.3. The maximum atomic E-state index is 13.1. The fourth-order valence-corrected chi connectivity index (χ4v) is 1.07. The monoisotopic (exact) mass is 224 g/mol. The van der Waals surface area contributed by atoms with Crippen molar-refractivity contribution < 1.29 is 9.23 Å². The SMILES string of the molecule is Cc1cc(/C=N\OC(C)(C)C)c(C)nc1F. The van der Waals surface area contributed by atoms with E-state index in [1.54, 1.807) is 26.1 Å². The minimum Gasteiger partial charge on any atom is -0.390 e. The molecule has 0 aliphatic carbocycles. The van der Waals surface area contributed by atoms with Crippen LogP contribution in [0.3, 0.4) is 0 Å². The molecule has 0 spiro atoms. The molecule has 0 bridgehead atoms. The average Bonchev–Trinajstić information content (AvgIpc) is 2.11.